The Balaban J connectivity index is 0.898. The zero-order chi connectivity index (χ0) is 60.2. The first-order chi connectivity index (χ1) is 41.8. The molecule has 9 aromatic carbocycles. The van der Waals surface area contributed by atoms with Crippen molar-refractivity contribution in [1.29, 1.82) is 0 Å². The molecule has 0 amide bonds. The van der Waals surface area contributed by atoms with Crippen molar-refractivity contribution in [3.8, 4) is 90.9 Å². The Morgan fingerprint density at radius 2 is 0.605 bits per heavy atom. The number of nitrogens with zero attached hydrogens (tertiary/aromatic N) is 4. The highest BCUT2D eigenvalue weighted by molar-refractivity contribution is 5.92. The standard InChI is InChI=1S/C72H62N4O10/c1-3-14-51(4-2)73(52-15-8-5-9-16-52)55-33-21-45(22-34-55)47-25-37-57(38-26-47)75(61-63(77)67(81)71(85)68(82)64(61)78)59-41-29-49(30-42-59)50-31-43-60(44-32-50)76(62-65(79)69(83)72(86)70(84)66(62)80)58-39-27-48(28-40-58)46-23-35-56(36-24-46)74(53-17-10-6-11-18-53)54-19-12-7-13-20-54/h3-4,6,8,10-12,14-44,77-86H,5,7,9,13H2,1-2H3/b14-3-,51-4+. The van der Waals surface area contributed by atoms with Crippen LogP contribution in [0.2, 0.25) is 0 Å². The van der Waals surface area contributed by atoms with Crippen molar-refractivity contribution in [3.63, 3.8) is 0 Å². The van der Waals surface area contributed by atoms with Gasteiger partial charge in [0.05, 0.1) is 0 Å². The number of aromatic hydroxyl groups is 10. The second-order valence-corrected chi connectivity index (χ2v) is 20.6. The third-order valence-electron chi connectivity index (χ3n) is 15.3. The van der Waals surface area contributed by atoms with Gasteiger partial charge in [0.1, 0.15) is 11.4 Å². The summed E-state index contributed by atoms with van der Waals surface area (Å²) in [6.45, 7) is 4.00. The summed E-state index contributed by atoms with van der Waals surface area (Å²) in [5.41, 5.74) is 11.9. The fourth-order valence-corrected chi connectivity index (χ4v) is 10.9. The molecule has 0 saturated heterocycles. The highest BCUT2D eigenvalue weighted by atomic mass is 16.4. The lowest BCUT2D eigenvalue weighted by atomic mass is 10.0. The number of hydrogen-bond donors (Lipinski definition) is 10. The average molecular weight is 1140 g/mol. The number of phenolic OH excluding ortho intramolecular Hbond substituents is 10. The molecule has 0 aliphatic heterocycles. The van der Waals surface area contributed by atoms with Crippen LogP contribution in [0, 0.1) is 0 Å². The second-order valence-electron chi connectivity index (χ2n) is 20.6. The summed E-state index contributed by atoms with van der Waals surface area (Å²) < 4.78 is 0. The van der Waals surface area contributed by atoms with Crippen LogP contribution in [-0.2, 0) is 0 Å². The molecule has 0 heterocycles. The molecule has 0 aromatic heterocycles. The minimum absolute atomic E-state index is 0.372. The van der Waals surface area contributed by atoms with E-state index in [0.717, 1.165) is 82.1 Å². The van der Waals surface area contributed by atoms with Gasteiger partial charge in [0.25, 0.3) is 0 Å². The van der Waals surface area contributed by atoms with E-state index in [1.807, 2.05) is 86.7 Å². The Morgan fingerprint density at radius 1 is 0.314 bits per heavy atom. The molecule has 14 heteroatoms. The van der Waals surface area contributed by atoms with Crippen LogP contribution < -0.4 is 19.6 Å². The zero-order valence-electron chi connectivity index (χ0n) is 47.0. The topological polar surface area (TPSA) is 215 Å². The van der Waals surface area contributed by atoms with Gasteiger partial charge in [0.15, 0.2) is 23.0 Å². The van der Waals surface area contributed by atoms with Crippen molar-refractivity contribution in [3.05, 3.63) is 248 Å². The van der Waals surface area contributed by atoms with E-state index in [0.29, 0.717) is 33.9 Å². The number of benzene rings is 9. The molecule has 14 nitrogen and oxygen atoms in total. The molecule has 10 N–H and O–H groups in total. The highest BCUT2D eigenvalue weighted by Crippen LogP contribution is 2.60. The molecule has 2 aliphatic rings. The highest BCUT2D eigenvalue weighted by Gasteiger charge is 2.31. The van der Waals surface area contributed by atoms with Crippen LogP contribution >= 0.6 is 0 Å². The third kappa shape index (κ3) is 10.8. The maximum atomic E-state index is 11.4. The van der Waals surface area contributed by atoms with Gasteiger partial charge in [-0.05, 0) is 176 Å². The molecule has 0 atom stereocenters. The van der Waals surface area contributed by atoms with Crippen molar-refractivity contribution in [2.45, 2.75) is 39.5 Å². The van der Waals surface area contributed by atoms with E-state index in [-0.39, 0.29) is 0 Å². The molecule has 11 rings (SSSR count). The quantitative estimate of drug-likeness (QED) is 0.0248. The SMILES string of the molecule is C/C=C\C(=C/C)N(C1=CCCC=C1)c1ccc(-c2ccc(N(c3ccc(-c4ccc(N(c5ccc(-c6ccc(N(C7=CCCC=C7)c7ccccc7)cc6)cc5)c5c(O)c(O)c(O)c(O)c5O)cc4)cc3)c3c(O)c(O)c(O)c(O)c3O)cc2)cc1. The van der Waals surface area contributed by atoms with Gasteiger partial charge in [-0.1, -0.05) is 127 Å². The number of phenols is 10. The van der Waals surface area contributed by atoms with Crippen LogP contribution in [0.3, 0.4) is 0 Å². The number of allylic oxidation sites excluding steroid dienone is 9. The molecule has 0 radical (unpaired) electrons. The molecule has 0 saturated carbocycles. The molecule has 0 bridgehead atoms. The normalized spacial score (nSPS) is 13.1. The zero-order valence-corrected chi connectivity index (χ0v) is 47.0. The number of rotatable bonds is 16. The summed E-state index contributed by atoms with van der Waals surface area (Å²) in [5, 5.41) is 109. The number of anilines is 9. The van der Waals surface area contributed by atoms with Gasteiger partial charge in [-0.25, -0.2) is 0 Å². The van der Waals surface area contributed by atoms with E-state index < -0.39 is 68.9 Å². The van der Waals surface area contributed by atoms with E-state index in [1.165, 1.54) is 9.80 Å². The lowest BCUT2D eigenvalue weighted by molar-refractivity contribution is 0.329. The minimum atomic E-state index is -1.10. The van der Waals surface area contributed by atoms with Gasteiger partial charge in [-0.2, -0.15) is 0 Å². The smallest absolute Gasteiger partial charge is 0.208 e. The van der Waals surface area contributed by atoms with Crippen molar-refractivity contribution < 1.29 is 51.1 Å². The average Bonchev–Trinajstić information content (AvgIpc) is 1.74. The van der Waals surface area contributed by atoms with Gasteiger partial charge >= 0.3 is 0 Å². The van der Waals surface area contributed by atoms with E-state index in [2.05, 4.69) is 94.8 Å². The first-order valence-electron chi connectivity index (χ1n) is 28.0. The van der Waals surface area contributed by atoms with Crippen LogP contribution in [-0.4, -0.2) is 51.1 Å². The molecule has 0 unspecified atom stereocenters. The second kappa shape index (κ2) is 24.2. The summed E-state index contributed by atoms with van der Waals surface area (Å²) in [6, 6.07) is 55.0. The molecule has 86 heavy (non-hydrogen) atoms. The monoisotopic (exact) mass is 1140 g/mol. The maximum absolute atomic E-state index is 11.4. The van der Waals surface area contributed by atoms with Crippen LogP contribution in [0.5, 0.6) is 57.5 Å². The van der Waals surface area contributed by atoms with Gasteiger partial charge < -0.3 is 70.7 Å². The van der Waals surface area contributed by atoms with Crippen LogP contribution in [0.25, 0.3) is 33.4 Å². The first-order valence-corrected chi connectivity index (χ1v) is 28.0. The largest absolute Gasteiger partial charge is 0.503 e. The molecule has 9 aromatic rings. The molecule has 430 valence electrons. The lowest BCUT2D eigenvalue weighted by Crippen LogP contribution is -2.20. The Bertz CT molecular complexity index is 4090. The summed E-state index contributed by atoms with van der Waals surface area (Å²) in [4.78, 5) is 7.28. The van der Waals surface area contributed by atoms with Gasteiger partial charge in [-0.15, -0.1) is 0 Å². The van der Waals surface area contributed by atoms with E-state index >= 15 is 0 Å². The van der Waals surface area contributed by atoms with E-state index in [1.54, 1.807) is 72.8 Å². The van der Waals surface area contributed by atoms with Crippen LogP contribution in [0.1, 0.15) is 39.5 Å². The predicted octanol–water partition coefficient (Wildman–Crippen LogP) is 17.6. The lowest BCUT2D eigenvalue weighted by Gasteiger charge is -2.29. The van der Waals surface area contributed by atoms with E-state index in [4.69, 9.17) is 0 Å². The Labute approximate surface area is 497 Å². The van der Waals surface area contributed by atoms with Gasteiger partial charge in [0, 0.05) is 56.9 Å². The van der Waals surface area contributed by atoms with E-state index in [9.17, 15) is 51.1 Å². The maximum Gasteiger partial charge on any atom is 0.208 e. The fraction of sp³-hybridized carbons (Fsp3) is 0.0833. The molecule has 2 aliphatic carbocycles. The third-order valence-corrected chi connectivity index (χ3v) is 15.3. The molecular weight excluding hydrogens is 1080 g/mol. The van der Waals surface area contributed by atoms with Crippen molar-refractivity contribution in [2.75, 3.05) is 19.6 Å². The van der Waals surface area contributed by atoms with Gasteiger partial charge in [0.2, 0.25) is 34.5 Å². The number of hydrogen-bond acceptors (Lipinski definition) is 14. The molecular formula is C72H62N4O10. The van der Waals surface area contributed by atoms with Crippen LogP contribution in [0.4, 0.5) is 51.2 Å². The van der Waals surface area contributed by atoms with Gasteiger partial charge in [-0.3, -0.25) is 0 Å². The molecule has 0 spiro atoms. The Kier molecular flexibility index (Phi) is 15.9. The Morgan fingerprint density at radius 3 is 0.907 bits per heavy atom. The van der Waals surface area contributed by atoms with Crippen molar-refractivity contribution >= 4 is 51.2 Å². The van der Waals surface area contributed by atoms with Crippen molar-refractivity contribution in [2.24, 2.45) is 0 Å². The summed E-state index contributed by atoms with van der Waals surface area (Å²) in [7, 11) is 0. The fourth-order valence-electron chi connectivity index (χ4n) is 10.9. The summed E-state index contributed by atoms with van der Waals surface area (Å²) in [6.07, 6.45) is 23.1. The predicted molar refractivity (Wildman–Crippen MR) is 341 cm³/mol. The summed E-state index contributed by atoms with van der Waals surface area (Å²) >= 11 is 0. The number of para-hydroxylation sites is 1. The minimum Gasteiger partial charge on any atom is -0.503 e. The summed E-state index contributed by atoms with van der Waals surface area (Å²) in [5.74, 6) is -9.90. The Hall–Kier alpha value is -11.4. The van der Waals surface area contributed by atoms with Crippen molar-refractivity contribution in [1.82, 2.24) is 0 Å². The van der Waals surface area contributed by atoms with Crippen LogP contribution in [0.15, 0.2) is 248 Å². The first kappa shape index (κ1) is 56.5. The molecule has 0 fully saturated rings.